The summed E-state index contributed by atoms with van der Waals surface area (Å²) in [6.45, 7) is 4.70. The van der Waals surface area contributed by atoms with Crippen LogP contribution in [0.5, 0.6) is 0 Å². The first-order valence-electron chi connectivity index (χ1n) is 6.22. The van der Waals surface area contributed by atoms with Crippen molar-refractivity contribution in [3.63, 3.8) is 0 Å². The molecule has 1 aromatic carbocycles. The monoisotopic (exact) mass is 235 g/mol. The van der Waals surface area contributed by atoms with Gasteiger partial charge in [0.25, 0.3) is 0 Å². The molecule has 0 saturated carbocycles. The Kier molecular flexibility index (Phi) is 4.15. The highest BCUT2D eigenvalue weighted by molar-refractivity contribution is 5.24. The number of rotatable bonds is 4. The molecule has 0 aliphatic carbocycles. The van der Waals surface area contributed by atoms with E-state index in [0.29, 0.717) is 19.8 Å². The molecule has 2 rings (SSSR count). The molecule has 0 spiro atoms. The van der Waals surface area contributed by atoms with Gasteiger partial charge in [0.15, 0.2) is 0 Å². The predicted molar refractivity (Wildman–Crippen MR) is 67.8 cm³/mol. The van der Waals surface area contributed by atoms with E-state index in [1.807, 2.05) is 12.1 Å². The van der Waals surface area contributed by atoms with E-state index in [4.69, 9.17) is 15.2 Å². The first-order valence-corrected chi connectivity index (χ1v) is 6.22. The van der Waals surface area contributed by atoms with E-state index < -0.39 is 0 Å². The second kappa shape index (κ2) is 5.63. The van der Waals surface area contributed by atoms with Crippen molar-refractivity contribution >= 4 is 0 Å². The molecule has 1 fully saturated rings. The minimum atomic E-state index is -0.277. The Morgan fingerprint density at radius 2 is 2.24 bits per heavy atom. The number of ether oxygens (including phenoxy) is 2. The third-order valence-corrected chi connectivity index (χ3v) is 3.45. The fourth-order valence-electron chi connectivity index (χ4n) is 2.16. The Morgan fingerprint density at radius 1 is 1.41 bits per heavy atom. The van der Waals surface area contributed by atoms with Crippen LogP contribution in [0.2, 0.25) is 0 Å². The second-order valence-corrected chi connectivity index (χ2v) is 4.76. The van der Waals surface area contributed by atoms with Gasteiger partial charge < -0.3 is 15.2 Å². The van der Waals surface area contributed by atoms with Crippen LogP contribution in [-0.2, 0) is 16.1 Å². The molecule has 94 valence electrons. The number of aryl methyl sites for hydroxylation is 1. The number of hydrogen-bond donors (Lipinski definition) is 1. The molecule has 3 heteroatoms. The molecule has 2 N–H and O–H groups in total. The summed E-state index contributed by atoms with van der Waals surface area (Å²) in [7, 11) is 0. The number of nitrogens with two attached hydrogens (primary N) is 1. The Bertz CT molecular complexity index is 359. The zero-order valence-electron chi connectivity index (χ0n) is 10.4. The average Bonchev–Trinajstić information content (AvgIpc) is 2.39. The zero-order valence-corrected chi connectivity index (χ0v) is 10.4. The minimum Gasteiger partial charge on any atom is -0.378 e. The summed E-state index contributed by atoms with van der Waals surface area (Å²) >= 11 is 0. The molecule has 1 aromatic rings. The van der Waals surface area contributed by atoms with Crippen molar-refractivity contribution in [2.45, 2.75) is 32.0 Å². The van der Waals surface area contributed by atoms with Crippen LogP contribution in [-0.4, -0.2) is 25.4 Å². The average molecular weight is 235 g/mol. The van der Waals surface area contributed by atoms with Crippen LogP contribution in [0.4, 0.5) is 0 Å². The van der Waals surface area contributed by atoms with Crippen LogP contribution in [0, 0.1) is 6.92 Å². The molecular formula is C14H21NO2. The van der Waals surface area contributed by atoms with Crippen molar-refractivity contribution in [3.8, 4) is 0 Å². The Balaban J connectivity index is 1.98. The van der Waals surface area contributed by atoms with E-state index >= 15 is 0 Å². The van der Waals surface area contributed by atoms with Crippen LogP contribution >= 0.6 is 0 Å². The summed E-state index contributed by atoms with van der Waals surface area (Å²) in [5, 5.41) is 0. The molecule has 1 aliphatic heterocycles. The topological polar surface area (TPSA) is 44.5 Å². The van der Waals surface area contributed by atoms with Gasteiger partial charge in [-0.15, -0.1) is 0 Å². The van der Waals surface area contributed by atoms with E-state index in [2.05, 4.69) is 19.1 Å². The Labute approximate surface area is 103 Å². The molecule has 1 heterocycles. The maximum absolute atomic E-state index is 6.04. The van der Waals surface area contributed by atoms with Crippen LogP contribution < -0.4 is 5.73 Å². The number of benzene rings is 1. The minimum absolute atomic E-state index is 0.277. The van der Waals surface area contributed by atoms with Crippen molar-refractivity contribution in [2.24, 2.45) is 5.73 Å². The van der Waals surface area contributed by atoms with Gasteiger partial charge >= 0.3 is 0 Å². The molecule has 1 saturated heterocycles. The van der Waals surface area contributed by atoms with Crippen LogP contribution in [0.25, 0.3) is 0 Å². The summed E-state index contributed by atoms with van der Waals surface area (Å²) in [6.07, 6.45) is 2.03. The molecule has 0 bridgehead atoms. The molecule has 17 heavy (non-hydrogen) atoms. The van der Waals surface area contributed by atoms with Gasteiger partial charge in [-0.1, -0.05) is 24.3 Å². The fourth-order valence-corrected chi connectivity index (χ4v) is 2.16. The third kappa shape index (κ3) is 3.06. The van der Waals surface area contributed by atoms with Gasteiger partial charge in [0.1, 0.15) is 5.60 Å². The van der Waals surface area contributed by atoms with Gasteiger partial charge in [-0.2, -0.15) is 0 Å². The summed E-state index contributed by atoms with van der Waals surface area (Å²) in [6, 6.07) is 8.29. The van der Waals surface area contributed by atoms with E-state index in [1.165, 1.54) is 11.1 Å². The maximum Gasteiger partial charge on any atom is 0.104 e. The lowest BCUT2D eigenvalue weighted by atomic mass is 9.96. The normalized spacial score (nSPS) is 24.8. The van der Waals surface area contributed by atoms with Crippen LogP contribution in [0.3, 0.4) is 0 Å². The lowest BCUT2D eigenvalue weighted by Gasteiger charge is -2.36. The Hall–Kier alpha value is -0.900. The lowest BCUT2D eigenvalue weighted by molar-refractivity contribution is -0.130. The molecule has 0 radical (unpaired) electrons. The van der Waals surface area contributed by atoms with E-state index in [9.17, 15) is 0 Å². The van der Waals surface area contributed by atoms with Crippen molar-refractivity contribution in [2.75, 3.05) is 19.8 Å². The van der Waals surface area contributed by atoms with Gasteiger partial charge in [-0.05, 0) is 30.9 Å². The molecule has 1 aliphatic rings. The summed E-state index contributed by atoms with van der Waals surface area (Å²) in [5.41, 5.74) is 8.05. The highest BCUT2D eigenvalue weighted by atomic mass is 16.5. The molecule has 0 aromatic heterocycles. The zero-order chi connectivity index (χ0) is 12.1. The van der Waals surface area contributed by atoms with Crippen molar-refractivity contribution in [3.05, 3.63) is 35.4 Å². The van der Waals surface area contributed by atoms with Crippen molar-refractivity contribution < 1.29 is 9.47 Å². The lowest BCUT2D eigenvalue weighted by Crippen LogP contribution is -2.47. The molecular weight excluding hydrogens is 214 g/mol. The molecule has 1 unspecified atom stereocenters. The summed E-state index contributed by atoms with van der Waals surface area (Å²) in [4.78, 5) is 0. The predicted octanol–water partition coefficient (Wildman–Crippen LogP) is 2.02. The summed E-state index contributed by atoms with van der Waals surface area (Å²) in [5.74, 6) is 0. The highest BCUT2D eigenvalue weighted by Gasteiger charge is 2.32. The van der Waals surface area contributed by atoms with Gasteiger partial charge in [-0.3, -0.25) is 0 Å². The van der Waals surface area contributed by atoms with Crippen molar-refractivity contribution in [1.82, 2.24) is 0 Å². The fraction of sp³-hybridized carbons (Fsp3) is 0.571. The standard InChI is InChI=1S/C14H21NO2/c1-12-5-2-3-6-13(12)9-17-14(10-15)7-4-8-16-11-14/h2-3,5-6H,4,7-11,15H2,1H3. The van der Waals surface area contributed by atoms with Gasteiger partial charge in [-0.25, -0.2) is 0 Å². The maximum atomic E-state index is 6.04. The van der Waals surface area contributed by atoms with E-state index in [1.54, 1.807) is 0 Å². The largest absolute Gasteiger partial charge is 0.378 e. The van der Waals surface area contributed by atoms with Crippen LogP contribution in [0.1, 0.15) is 24.0 Å². The van der Waals surface area contributed by atoms with Crippen molar-refractivity contribution in [1.29, 1.82) is 0 Å². The smallest absolute Gasteiger partial charge is 0.104 e. The SMILES string of the molecule is Cc1ccccc1COC1(CN)CCCOC1. The van der Waals surface area contributed by atoms with Gasteiger partial charge in [0.05, 0.1) is 13.2 Å². The van der Waals surface area contributed by atoms with Gasteiger partial charge in [0, 0.05) is 13.2 Å². The van der Waals surface area contributed by atoms with Crippen LogP contribution in [0.15, 0.2) is 24.3 Å². The molecule has 0 amide bonds. The summed E-state index contributed by atoms with van der Waals surface area (Å²) < 4.78 is 11.5. The third-order valence-electron chi connectivity index (χ3n) is 3.45. The second-order valence-electron chi connectivity index (χ2n) is 4.76. The first-order chi connectivity index (χ1) is 8.26. The van der Waals surface area contributed by atoms with E-state index in [0.717, 1.165) is 19.4 Å². The highest BCUT2D eigenvalue weighted by Crippen LogP contribution is 2.24. The quantitative estimate of drug-likeness (QED) is 0.868. The Morgan fingerprint density at radius 3 is 2.88 bits per heavy atom. The number of hydrogen-bond acceptors (Lipinski definition) is 3. The molecule has 3 nitrogen and oxygen atoms in total. The molecule has 1 atom stereocenters. The van der Waals surface area contributed by atoms with Gasteiger partial charge in [0.2, 0.25) is 0 Å². The first kappa shape index (κ1) is 12.6. The van der Waals surface area contributed by atoms with E-state index in [-0.39, 0.29) is 5.60 Å².